The summed E-state index contributed by atoms with van der Waals surface area (Å²) in [5.41, 5.74) is 2.94. The summed E-state index contributed by atoms with van der Waals surface area (Å²) in [6, 6.07) is 32.2. The van der Waals surface area contributed by atoms with E-state index in [0.717, 1.165) is 64.4 Å². The number of nitrogens with one attached hydrogen (secondary N) is 1. The zero-order valence-corrected chi connectivity index (χ0v) is 46.1. The van der Waals surface area contributed by atoms with Crippen molar-refractivity contribution in [3.05, 3.63) is 108 Å². The lowest BCUT2D eigenvalue weighted by molar-refractivity contribution is -0.112. The lowest BCUT2D eigenvalue weighted by Gasteiger charge is -2.36. The van der Waals surface area contributed by atoms with E-state index in [1.54, 1.807) is 4.90 Å². The third kappa shape index (κ3) is 15.8. The Kier molecular flexibility index (Phi) is 16.5. The van der Waals surface area contributed by atoms with Crippen LogP contribution in [0.2, 0.25) is 0 Å². The molecule has 3 unspecified atom stereocenters. The molecule has 11 rings (SSSR count). The van der Waals surface area contributed by atoms with Gasteiger partial charge in [0.2, 0.25) is 0 Å². The Morgan fingerprint density at radius 3 is 1.30 bits per heavy atom. The third-order valence-electron chi connectivity index (χ3n) is 17.1. The molecule has 0 radical (unpaired) electrons. The van der Waals surface area contributed by atoms with Crippen molar-refractivity contribution in [2.24, 2.45) is 16.2 Å². The number of nitrogens with zero attached hydrogens (tertiary/aromatic N) is 4. The van der Waals surface area contributed by atoms with Crippen molar-refractivity contribution < 1.29 is 41.4 Å². The number of carbonyl (C=O) groups is 3. The van der Waals surface area contributed by atoms with E-state index in [2.05, 4.69) is 69.7 Å². The first-order valence-electron chi connectivity index (χ1n) is 28.5. The molecule has 10 nitrogen and oxygen atoms in total. The average molecular weight is 1060 g/mol. The van der Waals surface area contributed by atoms with Crippen LogP contribution in [0.15, 0.2) is 91.0 Å². The minimum atomic E-state index is -2.52. The minimum Gasteiger partial charge on any atom is -0.444 e. The number of aldehydes is 1. The molecule has 2 amide bonds. The van der Waals surface area contributed by atoms with Crippen LogP contribution in [0.5, 0.6) is 0 Å². The van der Waals surface area contributed by atoms with Gasteiger partial charge in [0.25, 0.3) is 11.8 Å². The van der Waals surface area contributed by atoms with Crippen LogP contribution in [0, 0.1) is 16.2 Å². The number of hydrogen-bond acceptors (Lipinski definition) is 8. The number of alkyl halides is 4. The Bertz CT molecular complexity index is 2400. The molecule has 6 aliphatic carbocycles. The summed E-state index contributed by atoms with van der Waals surface area (Å²) in [7, 11) is 0. The predicted octanol–water partition coefficient (Wildman–Crippen LogP) is 12.7. The molecule has 6 atom stereocenters. The Hall–Kier alpha value is -4.53. The van der Waals surface area contributed by atoms with Gasteiger partial charge in [0.05, 0.1) is 0 Å². The van der Waals surface area contributed by atoms with Gasteiger partial charge in [0.15, 0.2) is 0 Å². The van der Waals surface area contributed by atoms with E-state index in [9.17, 15) is 31.9 Å². The van der Waals surface area contributed by atoms with Crippen LogP contribution < -0.4 is 5.32 Å². The summed E-state index contributed by atoms with van der Waals surface area (Å²) in [6.07, 6.45) is 9.89. The molecule has 6 saturated carbocycles. The van der Waals surface area contributed by atoms with Gasteiger partial charge in [-0.1, -0.05) is 91.0 Å². The summed E-state index contributed by atoms with van der Waals surface area (Å²) in [5, 5.41) is 3.74. The smallest absolute Gasteiger partial charge is 0.410 e. The highest BCUT2D eigenvalue weighted by Crippen LogP contribution is 2.53. The van der Waals surface area contributed by atoms with Gasteiger partial charge in [-0.25, -0.2) is 27.2 Å². The maximum absolute atomic E-state index is 13.5. The van der Waals surface area contributed by atoms with Crippen LogP contribution in [-0.4, -0.2) is 138 Å². The van der Waals surface area contributed by atoms with Crippen molar-refractivity contribution in [2.45, 2.75) is 184 Å². The largest absolute Gasteiger partial charge is 0.444 e. The monoisotopic (exact) mass is 1060 g/mol. The number of rotatable bonds is 17. The molecule has 2 saturated heterocycles. The highest BCUT2D eigenvalue weighted by molar-refractivity contribution is 5.72. The second-order valence-corrected chi connectivity index (χ2v) is 26.3. The molecule has 0 bridgehead atoms. The highest BCUT2D eigenvalue weighted by Gasteiger charge is 2.55. The molecule has 2 heterocycles. The van der Waals surface area contributed by atoms with E-state index < -0.39 is 23.0 Å². The van der Waals surface area contributed by atoms with Crippen LogP contribution in [0.1, 0.15) is 159 Å². The first kappa shape index (κ1) is 56.2. The number of halogens is 4. The summed E-state index contributed by atoms with van der Waals surface area (Å²) in [4.78, 5) is 45.2. The van der Waals surface area contributed by atoms with Gasteiger partial charge >= 0.3 is 12.2 Å². The van der Waals surface area contributed by atoms with Crippen LogP contribution in [0.25, 0.3) is 0 Å². The Balaban J connectivity index is 0.000000141. The van der Waals surface area contributed by atoms with Gasteiger partial charge < -0.3 is 39.2 Å². The van der Waals surface area contributed by atoms with E-state index in [-0.39, 0.29) is 60.8 Å². The fourth-order valence-electron chi connectivity index (χ4n) is 11.6. The van der Waals surface area contributed by atoms with E-state index in [1.165, 1.54) is 36.0 Å². The molecule has 8 aliphatic rings. The van der Waals surface area contributed by atoms with E-state index in [4.69, 9.17) is 9.47 Å². The molecule has 2 aliphatic heterocycles. The Labute approximate surface area is 450 Å². The van der Waals surface area contributed by atoms with Gasteiger partial charge in [-0.15, -0.1) is 0 Å². The zero-order chi connectivity index (χ0) is 54.2. The number of carbonyl (C=O) groups excluding carboxylic acids is 3. The molecule has 3 aromatic carbocycles. The molecule has 8 fully saturated rings. The SMILES string of the molecule is CC(C)(C)OC(=O)N(CC1(C=O)CC1)[C@H]1CC1c1ccccc1.CC(C)(C)OC(=O)N(CC1(CN2CCC(F)(F)CC2)CC1)[C@H]1CC1c1ccccc1.FC1(F)CCN(CC2(CN[C@H]3CC3c3ccccc3)CC2)CC1. The lowest BCUT2D eigenvalue weighted by atomic mass is 10.0. The number of ether oxygens (including phenoxy) is 2. The van der Waals surface area contributed by atoms with Crippen molar-refractivity contribution in [3.63, 3.8) is 0 Å². The molecule has 3 aromatic rings. The van der Waals surface area contributed by atoms with Crippen molar-refractivity contribution >= 4 is 18.5 Å². The topological polar surface area (TPSA) is 94.7 Å². The maximum Gasteiger partial charge on any atom is 0.410 e. The average Bonchev–Trinajstić information content (AvgIpc) is 4.15. The van der Waals surface area contributed by atoms with Gasteiger partial charge in [-0.05, 0) is 121 Å². The third-order valence-corrected chi connectivity index (χ3v) is 17.1. The number of piperidine rings is 2. The van der Waals surface area contributed by atoms with Gasteiger partial charge in [-0.2, -0.15) is 0 Å². The van der Waals surface area contributed by atoms with E-state index >= 15 is 0 Å². The van der Waals surface area contributed by atoms with Crippen molar-refractivity contribution in [3.8, 4) is 0 Å². The lowest BCUT2D eigenvalue weighted by Crippen LogP contribution is -2.47. The minimum absolute atomic E-state index is 0.0212. The summed E-state index contributed by atoms with van der Waals surface area (Å²) in [6.45, 7) is 17.3. The summed E-state index contributed by atoms with van der Waals surface area (Å²) < 4.78 is 64.9. The molecule has 0 spiro atoms. The Morgan fingerprint density at radius 2 is 0.934 bits per heavy atom. The van der Waals surface area contributed by atoms with Gasteiger partial charge in [-0.3, -0.25) is 0 Å². The van der Waals surface area contributed by atoms with Crippen LogP contribution in [-0.2, 0) is 14.3 Å². The van der Waals surface area contributed by atoms with Gasteiger partial charge in [0.1, 0.15) is 17.5 Å². The van der Waals surface area contributed by atoms with Crippen LogP contribution in [0.3, 0.4) is 0 Å². The molecule has 0 aromatic heterocycles. The van der Waals surface area contributed by atoms with Crippen LogP contribution >= 0.6 is 0 Å². The maximum atomic E-state index is 13.5. The van der Waals surface area contributed by atoms with E-state index in [0.29, 0.717) is 68.5 Å². The number of benzene rings is 3. The first-order valence-corrected chi connectivity index (χ1v) is 28.5. The summed E-state index contributed by atoms with van der Waals surface area (Å²) in [5.74, 6) is -3.58. The second kappa shape index (κ2) is 22.3. The first-order chi connectivity index (χ1) is 35.9. The Morgan fingerprint density at radius 1 is 0.553 bits per heavy atom. The fourth-order valence-corrected chi connectivity index (χ4v) is 11.6. The molecule has 76 heavy (non-hydrogen) atoms. The zero-order valence-electron chi connectivity index (χ0n) is 46.1. The second-order valence-electron chi connectivity index (χ2n) is 26.3. The molecule has 416 valence electrons. The van der Waals surface area contributed by atoms with Crippen molar-refractivity contribution in [1.29, 1.82) is 0 Å². The van der Waals surface area contributed by atoms with Gasteiger partial charge in [0, 0.05) is 131 Å². The number of likely N-dealkylation sites (tertiary alicyclic amines) is 2. The summed E-state index contributed by atoms with van der Waals surface area (Å²) >= 11 is 0. The number of amides is 2. The fraction of sp³-hybridized carbons (Fsp3) is 0.661. The highest BCUT2D eigenvalue weighted by atomic mass is 19.3. The standard InChI is InChI=1S/C24H34F2N2O2.C19H26F2N2.C19H25NO3/c1-22(2,3)30-21(29)28(20-15-19(20)18-7-5-4-6-8-18)17-23(9-10-23)16-27-13-11-24(25,26)12-14-27;20-19(21)8-10-23(11-9-19)14-18(6-7-18)13-22-17-12-16(17)15-4-2-1-3-5-15;1-18(2,3)23-17(22)20(12-19(13-21)9-10-19)16-11-15(16)14-7-5-4-6-8-14/h4-8,19-20H,9-17H2,1-3H3;1-5,16-17,22H,6-14H2;4-8,13,15-16H,9-12H2,1-3H3/t19?,20-;16?,17-;15?,16-/m000/s1. The normalized spacial score (nSPS) is 27.9. The quantitative estimate of drug-likeness (QED) is 0.106. The van der Waals surface area contributed by atoms with Crippen molar-refractivity contribution in [2.75, 3.05) is 58.9 Å². The molecule has 1 N–H and O–H groups in total. The molecular formula is C62H85F4N5O5. The molecular weight excluding hydrogens is 971 g/mol. The van der Waals surface area contributed by atoms with Crippen LogP contribution in [0.4, 0.5) is 27.2 Å². The van der Waals surface area contributed by atoms with E-state index in [1.807, 2.05) is 82.8 Å². The predicted molar refractivity (Wildman–Crippen MR) is 289 cm³/mol. The van der Waals surface area contributed by atoms with Crippen molar-refractivity contribution in [1.82, 2.24) is 24.9 Å². The number of hydrogen-bond donors (Lipinski definition) is 1. The molecule has 14 heteroatoms.